The molecular weight excluding hydrogens is 260 g/mol. The number of benzene rings is 1. The van der Waals surface area contributed by atoms with Crippen molar-refractivity contribution >= 4 is 11.8 Å². The molecule has 2 aliphatic heterocycles. The molecule has 2 heterocycles. The standard InChI is InChI=1S/C14H16N2O4/c1-9-13(17)15-5-6-16(9)14(18)10-3-2-4-11-12(10)20-8-7-19-11/h2-4,9H,5-8H2,1H3,(H,15,17). The van der Waals surface area contributed by atoms with Crippen LogP contribution in [0.25, 0.3) is 0 Å². The summed E-state index contributed by atoms with van der Waals surface area (Å²) in [5.74, 6) is 0.722. The van der Waals surface area contributed by atoms with Gasteiger partial charge >= 0.3 is 0 Å². The van der Waals surface area contributed by atoms with Crippen LogP contribution >= 0.6 is 0 Å². The van der Waals surface area contributed by atoms with E-state index in [1.165, 1.54) is 0 Å². The summed E-state index contributed by atoms with van der Waals surface area (Å²) in [6.07, 6.45) is 0. The average Bonchev–Trinajstić information content (AvgIpc) is 2.49. The molecule has 0 aromatic heterocycles. The zero-order valence-electron chi connectivity index (χ0n) is 11.2. The van der Waals surface area contributed by atoms with E-state index in [2.05, 4.69) is 5.32 Å². The van der Waals surface area contributed by atoms with Gasteiger partial charge in [-0.05, 0) is 19.1 Å². The number of para-hydroxylation sites is 1. The number of nitrogens with one attached hydrogen (secondary N) is 1. The molecule has 0 bridgehead atoms. The van der Waals surface area contributed by atoms with Gasteiger partial charge in [0, 0.05) is 13.1 Å². The number of fused-ring (bicyclic) bond motifs is 1. The lowest BCUT2D eigenvalue weighted by Crippen LogP contribution is -2.55. The number of carbonyl (C=O) groups is 2. The first-order valence-corrected chi connectivity index (χ1v) is 6.66. The van der Waals surface area contributed by atoms with Gasteiger partial charge in [-0.1, -0.05) is 6.07 Å². The Bertz CT molecular complexity index is 558. The van der Waals surface area contributed by atoms with Crippen molar-refractivity contribution in [1.82, 2.24) is 10.2 Å². The predicted octanol–water partition coefficient (Wildman–Crippen LogP) is 0.418. The number of carbonyl (C=O) groups excluding carboxylic acids is 2. The van der Waals surface area contributed by atoms with Gasteiger partial charge in [-0.15, -0.1) is 0 Å². The minimum Gasteiger partial charge on any atom is -0.486 e. The van der Waals surface area contributed by atoms with Crippen LogP contribution in [0.15, 0.2) is 18.2 Å². The number of nitrogens with zero attached hydrogens (tertiary/aromatic N) is 1. The Hall–Kier alpha value is -2.24. The van der Waals surface area contributed by atoms with Crippen molar-refractivity contribution in [3.05, 3.63) is 23.8 Å². The van der Waals surface area contributed by atoms with Gasteiger partial charge in [-0.2, -0.15) is 0 Å². The Morgan fingerprint density at radius 3 is 3.00 bits per heavy atom. The summed E-state index contributed by atoms with van der Waals surface area (Å²) < 4.78 is 11.0. The third kappa shape index (κ3) is 2.07. The molecule has 1 fully saturated rings. The van der Waals surface area contributed by atoms with E-state index >= 15 is 0 Å². The Kier molecular flexibility index (Phi) is 3.22. The summed E-state index contributed by atoms with van der Waals surface area (Å²) in [6, 6.07) is 4.76. The van der Waals surface area contributed by atoms with Crippen LogP contribution in [0.2, 0.25) is 0 Å². The molecule has 1 atom stereocenters. The van der Waals surface area contributed by atoms with Crippen molar-refractivity contribution in [2.24, 2.45) is 0 Å². The fourth-order valence-electron chi connectivity index (χ4n) is 2.46. The first-order chi connectivity index (χ1) is 9.68. The minimum absolute atomic E-state index is 0.133. The summed E-state index contributed by atoms with van der Waals surface area (Å²) in [5.41, 5.74) is 0.448. The molecule has 6 nitrogen and oxygen atoms in total. The maximum Gasteiger partial charge on any atom is 0.258 e. The third-order valence-corrected chi connectivity index (χ3v) is 3.56. The largest absolute Gasteiger partial charge is 0.486 e. The van der Waals surface area contributed by atoms with Crippen molar-refractivity contribution in [2.45, 2.75) is 13.0 Å². The number of piperazine rings is 1. The molecule has 2 aliphatic rings. The van der Waals surface area contributed by atoms with E-state index in [0.717, 1.165) is 0 Å². The van der Waals surface area contributed by atoms with Crippen molar-refractivity contribution in [2.75, 3.05) is 26.3 Å². The van der Waals surface area contributed by atoms with E-state index in [1.54, 1.807) is 30.0 Å². The Labute approximate surface area is 116 Å². The molecule has 0 aliphatic carbocycles. The van der Waals surface area contributed by atoms with Gasteiger partial charge in [0.05, 0.1) is 5.56 Å². The Balaban J connectivity index is 1.92. The highest BCUT2D eigenvalue weighted by Crippen LogP contribution is 2.34. The first kappa shape index (κ1) is 12.8. The van der Waals surface area contributed by atoms with Crippen LogP contribution in [0, 0.1) is 0 Å². The SMILES string of the molecule is CC1C(=O)NCCN1C(=O)c1cccc2c1OCCO2. The predicted molar refractivity (Wildman–Crippen MR) is 70.9 cm³/mol. The monoisotopic (exact) mass is 276 g/mol. The normalized spacial score (nSPS) is 21.4. The number of amides is 2. The summed E-state index contributed by atoms with van der Waals surface area (Å²) in [5, 5.41) is 2.74. The highest BCUT2D eigenvalue weighted by Gasteiger charge is 2.32. The number of hydrogen-bond acceptors (Lipinski definition) is 4. The zero-order valence-corrected chi connectivity index (χ0v) is 11.2. The van der Waals surface area contributed by atoms with Crippen LogP contribution in [0.4, 0.5) is 0 Å². The van der Waals surface area contributed by atoms with E-state index in [1.807, 2.05) is 0 Å². The molecule has 20 heavy (non-hydrogen) atoms. The fraction of sp³-hybridized carbons (Fsp3) is 0.429. The van der Waals surface area contributed by atoms with Crippen molar-refractivity contribution < 1.29 is 19.1 Å². The van der Waals surface area contributed by atoms with E-state index in [0.29, 0.717) is 43.4 Å². The van der Waals surface area contributed by atoms with Crippen molar-refractivity contribution in [1.29, 1.82) is 0 Å². The van der Waals surface area contributed by atoms with Crippen molar-refractivity contribution in [3.8, 4) is 11.5 Å². The molecule has 1 aromatic carbocycles. The number of hydrogen-bond donors (Lipinski definition) is 1. The second kappa shape index (κ2) is 5.03. The molecule has 6 heteroatoms. The second-order valence-electron chi connectivity index (χ2n) is 4.80. The summed E-state index contributed by atoms with van der Waals surface area (Å²) >= 11 is 0. The van der Waals surface area contributed by atoms with Gasteiger partial charge < -0.3 is 19.7 Å². The third-order valence-electron chi connectivity index (χ3n) is 3.56. The maximum atomic E-state index is 12.6. The van der Waals surface area contributed by atoms with Crippen LogP contribution in [0.1, 0.15) is 17.3 Å². The van der Waals surface area contributed by atoms with Crippen LogP contribution in [0.5, 0.6) is 11.5 Å². The summed E-state index contributed by atoms with van der Waals surface area (Å²) in [7, 11) is 0. The quantitative estimate of drug-likeness (QED) is 0.807. The van der Waals surface area contributed by atoms with Gasteiger partial charge in [0.2, 0.25) is 5.91 Å². The van der Waals surface area contributed by atoms with Crippen LogP contribution in [0.3, 0.4) is 0 Å². The summed E-state index contributed by atoms with van der Waals surface area (Å²) in [4.78, 5) is 25.9. The molecule has 0 radical (unpaired) electrons. The molecule has 0 saturated carbocycles. The van der Waals surface area contributed by atoms with E-state index in [-0.39, 0.29) is 11.8 Å². The van der Waals surface area contributed by atoms with Crippen LogP contribution < -0.4 is 14.8 Å². The molecular formula is C14H16N2O4. The fourth-order valence-corrected chi connectivity index (χ4v) is 2.46. The maximum absolute atomic E-state index is 12.6. The second-order valence-corrected chi connectivity index (χ2v) is 4.80. The first-order valence-electron chi connectivity index (χ1n) is 6.66. The lowest BCUT2D eigenvalue weighted by Gasteiger charge is -2.33. The molecule has 2 amide bonds. The van der Waals surface area contributed by atoms with E-state index in [4.69, 9.17) is 9.47 Å². The van der Waals surface area contributed by atoms with Crippen molar-refractivity contribution in [3.63, 3.8) is 0 Å². The van der Waals surface area contributed by atoms with Gasteiger partial charge in [0.1, 0.15) is 19.3 Å². The molecule has 1 saturated heterocycles. The zero-order chi connectivity index (χ0) is 14.1. The Morgan fingerprint density at radius 2 is 2.15 bits per heavy atom. The Morgan fingerprint density at radius 1 is 1.35 bits per heavy atom. The molecule has 1 unspecified atom stereocenters. The molecule has 0 spiro atoms. The minimum atomic E-state index is -0.475. The summed E-state index contributed by atoms with van der Waals surface area (Å²) in [6.45, 7) is 3.59. The van der Waals surface area contributed by atoms with Gasteiger partial charge in [0.15, 0.2) is 11.5 Å². The van der Waals surface area contributed by atoms with Gasteiger partial charge in [0.25, 0.3) is 5.91 Å². The molecule has 3 rings (SSSR count). The smallest absolute Gasteiger partial charge is 0.258 e. The highest BCUT2D eigenvalue weighted by atomic mass is 16.6. The van der Waals surface area contributed by atoms with E-state index in [9.17, 15) is 9.59 Å². The van der Waals surface area contributed by atoms with Crippen LogP contribution in [-0.4, -0.2) is 49.1 Å². The molecule has 1 N–H and O–H groups in total. The van der Waals surface area contributed by atoms with Gasteiger partial charge in [-0.3, -0.25) is 9.59 Å². The molecule has 106 valence electrons. The topological polar surface area (TPSA) is 67.9 Å². The number of ether oxygens (including phenoxy) is 2. The number of rotatable bonds is 1. The van der Waals surface area contributed by atoms with Crippen LogP contribution in [-0.2, 0) is 4.79 Å². The highest BCUT2D eigenvalue weighted by molar-refractivity contribution is 6.00. The van der Waals surface area contributed by atoms with Gasteiger partial charge in [-0.25, -0.2) is 0 Å². The lowest BCUT2D eigenvalue weighted by atomic mass is 10.1. The van der Waals surface area contributed by atoms with E-state index < -0.39 is 6.04 Å². The average molecular weight is 276 g/mol. The lowest BCUT2D eigenvalue weighted by molar-refractivity contribution is -0.127. The molecule has 1 aromatic rings.